The monoisotopic (exact) mass is 373 g/mol. The normalized spacial score (nSPS) is 11.1. The van der Waals surface area contributed by atoms with E-state index >= 15 is 0 Å². The second-order valence-corrected chi connectivity index (χ2v) is 6.94. The topological polar surface area (TPSA) is 72.5 Å². The highest BCUT2D eigenvalue weighted by molar-refractivity contribution is 7.92. The Bertz CT molecular complexity index is 837. The Morgan fingerprint density at radius 2 is 1.83 bits per heavy atom. The summed E-state index contributed by atoms with van der Waals surface area (Å²) in [6.07, 6.45) is 0. The maximum absolute atomic E-state index is 12.4. The fourth-order valence-electron chi connectivity index (χ4n) is 1.81. The third kappa shape index (κ3) is 4.16. The predicted molar refractivity (Wildman–Crippen MR) is 89.7 cm³/mol. The van der Waals surface area contributed by atoms with E-state index in [1.165, 1.54) is 30.3 Å². The maximum Gasteiger partial charge on any atom is 0.340 e. The zero-order valence-electron chi connectivity index (χ0n) is 12.0. The SMILES string of the molecule is CCOC(=O)c1ccccc1NS(=O)(=O)c1ccc(Cl)c(Cl)c1. The molecule has 0 bridgehead atoms. The Kier molecular flexibility index (Phi) is 5.51. The van der Waals surface area contributed by atoms with Crippen molar-refractivity contribution in [1.82, 2.24) is 0 Å². The summed E-state index contributed by atoms with van der Waals surface area (Å²) >= 11 is 11.6. The van der Waals surface area contributed by atoms with Crippen LogP contribution in [0.2, 0.25) is 10.0 Å². The minimum atomic E-state index is -3.92. The van der Waals surface area contributed by atoms with E-state index in [1.54, 1.807) is 19.1 Å². The number of carbonyl (C=O) groups is 1. The molecule has 0 saturated heterocycles. The maximum atomic E-state index is 12.4. The molecule has 0 amide bonds. The van der Waals surface area contributed by atoms with Gasteiger partial charge in [-0.25, -0.2) is 13.2 Å². The molecule has 5 nitrogen and oxygen atoms in total. The summed E-state index contributed by atoms with van der Waals surface area (Å²) in [6.45, 7) is 1.85. The summed E-state index contributed by atoms with van der Waals surface area (Å²) < 4.78 is 32.1. The molecule has 0 radical (unpaired) electrons. The van der Waals surface area contributed by atoms with E-state index in [4.69, 9.17) is 27.9 Å². The Labute approximate surface area is 144 Å². The quantitative estimate of drug-likeness (QED) is 0.804. The fourth-order valence-corrected chi connectivity index (χ4v) is 3.28. The van der Waals surface area contributed by atoms with E-state index in [0.717, 1.165) is 0 Å². The molecule has 0 heterocycles. The minimum Gasteiger partial charge on any atom is -0.462 e. The summed E-state index contributed by atoms with van der Waals surface area (Å²) in [5.41, 5.74) is 0.245. The highest BCUT2D eigenvalue weighted by Crippen LogP contribution is 2.27. The van der Waals surface area contributed by atoms with Gasteiger partial charge >= 0.3 is 5.97 Å². The van der Waals surface area contributed by atoms with Crippen LogP contribution in [-0.4, -0.2) is 21.0 Å². The number of benzene rings is 2. The van der Waals surface area contributed by atoms with E-state index in [0.29, 0.717) is 0 Å². The van der Waals surface area contributed by atoms with Crippen molar-refractivity contribution in [2.75, 3.05) is 11.3 Å². The van der Waals surface area contributed by atoms with Crippen molar-refractivity contribution in [1.29, 1.82) is 0 Å². The lowest BCUT2D eigenvalue weighted by Crippen LogP contribution is -2.16. The number of halogens is 2. The second kappa shape index (κ2) is 7.21. The third-order valence-electron chi connectivity index (χ3n) is 2.87. The number of hydrogen-bond acceptors (Lipinski definition) is 4. The molecule has 8 heteroatoms. The van der Waals surface area contributed by atoms with Gasteiger partial charge in [-0.05, 0) is 37.3 Å². The second-order valence-electron chi connectivity index (χ2n) is 4.45. The molecule has 0 fully saturated rings. The Morgan fingerprint density at radius 1 is 1.13 bits per heavy atom. The van der Waals surface area contributed by atoms with Gasteiger partial charge in [-0.15, -0.1) is 0 Å². The van der Waals surface area contributed by atoms with Crippen LogP contribution in [0.5, 0.6) is 0 Å². The van der Waals surface area contributed by atoms with E-state index in [9.17, 15) is 13.2 Å². The van der Waals surface area contributed by atoms with Crippen molar-refractivity contribution in [2.24, 2.45) is 0 Å². The molecule has 0 aliphatic carbocycles. The van der Waals surface area contributed by atoms with E-state index in [2.05, 4.69) is 4.72 Å². The minimum absolute atomic E-state index is 0.0643. The molecule has 0 saturated carbocycles. The van der Waals surface area contributed by atoms with Crippen molar-refractivity contribution in [3.8, 4) is 0 Å². The summed E-state index contributed by atoms with van der Waals surface area (Å²) in [5, 5.41) is 0.366. The highest BCUT2D eigenvalue weighted by Gasteiger charge is 2.20. The van der Waals surface area contributed by atoms with Crippen molar-refractivity contribution in [3.05, 3.63) is 58.1 Å². The molecular formula is C15H13Cl2NO4S. The first-order valence-electron chi connectivity index (χ1n) is 6.59. The van der Waals surface area contributed by atoms with E-state index in [1.807, 2.05) is 0 Å². The first-order valence-corrected chi connectivity index (χ1v) is 8.83. The molecule has 0 unspecified atom stereocenters. The van der Waals surface area contributed by atoms with Crippen LogP contribution in [-0.2, 0) is 14.8 Å². The molecule has 0 aromatic heterocycles. The smallest absolute Gasteiger partial charge is 0.340 e. The lowest BCUT2D eigenvalue weighted by Gasteiger charge is -2.12. The summed E-state index contributed by atoms with van der Waals surface area (Å²) in [7, 11) is -3.92. The first kappa shape index (κ1) is 17.6. The molecule has 2 aromatic rings. The largest absolute Gasteiger partial charge is 0.462 e. The number of nitrogens with one attached hydrogen (secondary N) is 1. The summed E-state index contributed by atoms with van der Waals surface area (Å²) in [6, 6.07) is 10.1. The standard InChI is InChI=1S/C15H13Cl2NO4S/c1-2-22-15(19)11-5-3-4-6-14(11)18-23(20,21)10-7-8-12(16)13(17)9-10/h3-9,18H,2H2,1H3. The van der Waals surface area contributed by atoms with Crippen molar-refractivity contribution in [3.63, 3.8) is 0 Å². The molecular weight excluding hydrogens is 361 g/mol. The zero-order valence-corrected chi connectivity index (χ0v) is 14.4. The predicted octanol–water partition coefficient (Wildman–Crippen LogP) is 3.97. The number of ether oxygens (including phenoxy) is 1. The molecule has 0 spiro atoms. The lowest BCUT2D eigenvalue weighted by atomic mass is 10.2. The van der Waals surface area contributed by atoms with Gasteiger partial charge in [0.2, 0.25) is 0 Å². The van der Waals surface area contributed by atoms with Crippen LogP contribution in [0.25, 0.3) is 0 Å². The van der Waals surface area contributed by atoms with Crippen LogP contribution >= 0.6 is 23.2 Å². The van der Waals surface area contributed by atoms with Crippen LogP contribution in [0, 0.1) is 0 Å². The van der Waals surface area contributed by atoms with Gasteiger partial charge in [-0.2, -0.15) is 0 Å². The van der Waals surface area contributed by atoms with Gasteiger partial charge in [0.25, 0.3) is 10.0 Å². The Morgan fingerprint density at radius 3 is 2.48 bits per heavy atom. The van der Waals surface area contributed by atoms with Crippen LogP contribution in [0.3, 0.4) is 0 Å². The molecule has 2 rings (SSSR count). The van der Waals surface area contributed by atoms with Gasteiger partial charge < -0.3 is 4.74 Å². The summed E-state index contributed by atoms with van der Waals surface area (Å²) in [4.78, 5) is 11.8. The van der Waals surface area contributed by atoms with Gasteiger partial charge in [0, 0.05) is 0 Å². The van der Waals surface area contributed by atoms with Gasteiger partial charge in [0.15, 0.2) is 0 Å². The average molecular weight is 374 g/mol. The van der Waals surface area contributed by atoms with Crippen LogP contribution in [0.15, 0.2) is 47.4 Å². The third-order valence-corrected chi connectivity index (χ3v) is 4.97. The van der Waals surface area contributed by atoms with Gasteiger partial charge in [-0.3, -0.25) is 4.72 Å². The molecule has 2 aromatic carbocycles. The molecule has 0 aliphatic rings. The number of para-hydroxylation sites is 1. The average Bonchev–Trinajstić information content (AvgIpc) is 2.50. The molecule has 0 atom stereocenters. The number of anilines is 1. The van der Waals surface area contributed by atoms with E-state index < -0.39 is 16.0 Å². The number of hydrogen-bond donors (Lipinski definition) is 1. The number of rotatable bonds is 5. The number of sulfonamides is 1. The van der Waals surface area contributed by atoms with E-state index in [-0.39, 0.29) is 32.8 Å². The molecule has 0 aliphatic heterocycles. The van der Waals surface area contributed by atoms with Crippen LogP contribution < -0.4 is 4.72 Å². The van der Waals surface area contributed by atoms with Crippen LogP contribution in [0.4, 0.5) is 5.69 Å². The Balaban J connectivity index is 2.38. The van der Waals surface area contributed by atoms with Crippen molar-refractivity contribution >= 4 is 44.9 Å². The number of esters is 1. The Hall–Kier alpha value is -1.76. The summed E-state index contributed by atoms with van der Waals surface area (Å²) in [5.74, 6) is -0.611. The molecule has 122 valence electrons. The van der Waals surface area contributed by atoms with Crippen LogP contribution in [0.1, 0.15) is 17.3 Å². The van der Waals surface area contributed by atoms with Gasteiger partial charge in [-0.1, -0.05) is 35.3 Å². The molecule has 23 heavy (non-hydrogen) atoms. The van der Waals surface area contributed by atoms with Gasteiger partial charge in [0.05, 0.1) is 32.8 Å². The first-order chi connectivity index (χ1) is 10.8. The molecule has 1 N–H and O–H groups in total. The zero-order chi connectivity index (χ0) is 17.0. The highest BCUT2D eigenvalue weighted by atomic mass is 35.5. The van der Waals surface area contributed by atoms with Crippen molar-refractivity contribution in [2.45, 2.75) is 11.8 Å². The lowest BCUT2D eigenvalue weighted by molar-refractivity contribution is 0.0527. The van der Waals surface area contributed by atoms with Gasteiger partial charge in [0.1, 0.15) is 0 Å². The fraction of sp³-hybridized carbons (Fsp3) is 0.133. The van der Waals surface area contributed by atoms with Crippen molar-refractivity contribution < 1.29 is 17.9 Å². The number of carbonyl (C=O) groups excluding carboxylic acids is 1.